The first-order chi connectivity index (χ1) is 17.5. The van der Waals surface area contributed by atoms with Crippen molar-refractivity contribution in [3.8, 4) is 6.07 Å². The van der Waals surface area contributed by atoms with Crippen molar-refractivity contribution in [1.82, 2.24) is 4.98 Å². The number of rotatable bonds is 5. The molecule has 2 heterocycles. The summed E-state index contributed by atoms with van der Waals surface area (Å²) >= 11 is 0. The molecule has 2 aromatic rings. The quantitative estimate of drug-likeness (QED) is 0.433. The molecular weight excluding hydrogens is 490 g/mol. The zero-order valence-corrected chi connectivity index (χ0v) is 22.3. The predicted molar refractivity (Wildman–Crippen MR) is 138 cm³/mol. The van der Waals surface area contributed by atoms with Crippen molar-refractivity contribution < 1.29 is 22.7 Å². The minimum Gasteiger partial charge on any atom is -0.461 e. The highest BCUT2D eigenvalue weighted by molar-refractivity contribution is 7.92. The molecule has 1 N–H and O–H groups in total. The number of Topliss-reactive ketones (excluding diaryl/α,β-unsaturated/α-hetero) is 1. The van der Waals surface area contributed by atoms with Gasteiger partial charge >= 0.3 is 5.97 Å². The molecule has 1 aliphatic carbocycles. The molecule has 0 spiro atoms. The molecule has 9 heteroatoms. The minimum atomic E-state index is -4.02. The van der Waals surface area contributed by atoms with E-state index >= 15 is 0 Å². The number of pyridine rings is 1. The normalized spacial score (nSPS) is 23.6. The summed E-state index contributed by atoms with van der Waals surface area (Å²) in [5, 5.41) is 8.72. The van der Waals surface area contributed by atoms with E-state index in [-0.39, 0.29) is 28.4 Å². The van der Waals surface area contributed by atoms with Crippen LogP contribution in [0, 0.1) is 28.6 Å². The molecular formula is C28H33N3O5S. The highest BCUT2D eigenvalue weighted by Gasteiger charge is 2.51. The van der Waals surface area contributed by atoms with Gasteiger partial charge in [0.25, 0.3) is 10.0 Å². The Bertz CT molecular complexity index is 1310. The zero-order valence-electron chi connectivity index (χ0n) is 21.4. The topological polar surface area (TPSA) is 126 Å². The van der Waals surface area contributed by atoms with Gasteiger partial charge in [0, 0.05) is 17.8 Å². The third-order valence-corrected chi connectivity index (χ3v) is 8.60. The van der Waals surface area contributed by atoms with Gasteiger partial charge < -0.3 is 4.74 Å². The van der Waals surface area contributed by atoms with E-state index in [4.69, 9.17) is 10.00 Å². The van der Waals surface area contributed by atoms with Gasteiger partial charge in [-0.1, -0.05) is 52.2 Å². The summed E-state index contributed by atoms with van der Waals surface area (Å²) in [6.07, 6.45) is 6.34. The molecule has 0 radical (unpaired) electrons. The smallest absolute Gasteiger partial charge is 0.317 e. The van der Waals surface area contributed by atoms with Gasteiger partial charge in [-0.15, -0.1) is 0 Å². The van der Waals surface area contributed by atoms with E-state index in [0.29, 0.717) is 11.3 Å². The van der Waals surface area contributed by atoms with Crippen molar-refractivity contribution in [2.75, 3.05) is 4.72 Å². The maximum absolute atomic E-state index is 13.8. The maximum Gasteiger partial charge on any atom is 0.317 e. The summed E-state index contributed by atoms with van der Waals surface area (Å²) in [6.45, 7) is 5.92. The number of nitriles is 1. The van der Waals surface area contributed by atoms with E-state index in [1.807, 2.05) is 32.9 Å². The fourth-order valence-corrected chi connectivity index (χ4v) is 6.57. The third-order valence-electron chi connectivity index (χ3n) is 7.30. The van der Waals surface area contributed by atoms with Crippen molar-refractivity contribution in [3.63, 3.8) is 0 Å². The third kappa shape index (κ3) is 5.85. The van der Waals surface area contributed by atoms with E-state index in [1.54, 1.807) is 18.2 Å². The van der Waals surface area contributed by atoms with E-state index in [0.717, 1.165) is 38.5 Å². The maximum atomic E-state index is 13.8. The van der Waals surface area contributed by atoms with E-state index in [9.17, 15) is 18.0 Å². The number of fused-ring (bicyclic) bond motifs is 1. The number of sulfonamides is 1. The fourth-order valence-electron chi connectivity index (χ4n) is 5.59. The van der Waals surface area contributed by atoms with Crippen molar-refractivity contribution in [1.29, 1.82) is 5.26 Å². The summed E-state index contributed by atoms with van der Waals surface area (Å²) in [6, 6.07) is 11.4. The number of nitrogens with zero attached hydrogens (tertiary/aromatic N) is 2. The number of anilines is 1. The summed E-state index contributed by atoms with van der Waals surface area (Å²) < 4.78 is 34.3. The van der Waals surface area contributed by atoms with Crippen molar-refractivity contribution >= 4 is 27.5 Å². The van der Waals surface area contributed by atoms with Gasteiger partial charge in [0.05, 0.1) is 11.5 Å². The molecule has 4 unspecified atom stereocenters. The zero-order chi connectivity index (χ0) is 26.8. The summed E-state index contributed by atoms with van der Waals surface area (Å²) in [4.78, 5) is 31.0. The second-order valence-electron chi connectivity index (χ2n) is 11.0. The van der Waals surface area contributed by atoms with Crippen LogP contribution in [-0.4, -0.2) is 31.3 Å². The van der Waals surface area contributed by atoms with Crippen LogP contribution in [0.5, 0.6) is 0 Å². The number of hydrogen-bond acceptors (Lipinski definition) is 7. The number of ketones is 1. The molecule has 1 saturated heterocycles. The van der Waals surface area contributed by atoms with Crippen LogP contribution in [0.3, 0.4) is 0 Å². The first-order valence-corrected chi connectivity index (χ1v) is 14.2. The van der Waals surface area contributed by atoms with E-state index in [1.165, 1.54) is 18.3 Å². The number of esters is 1. The van der Waals surface area contributed by atoms with Gasteiger partial charge in [0.2, 0.25) is 0 Å². The standard InChI is InChI=1S/C28H33N3O5S/c1-28(2,3)25(24-26(32)21-11-6-4-5-7-12-22(21)36-27(24)33)19-9-8-10-20(15-19)31-37(34,35)23-14-13-18(16-29)17-30-23/h8-10,13-15,17,21-22,24-25,31H,4-7,11-12H2,1-3H3. The second-order valence-corrected chi connectivity index (χ2v) is 12.7. The molecule has 2 aliphatic rings. The molecule has 4 atom stereocenters. The summed E-state index contributed by atoms with van der Waals surface area (Å²) in [5.74, 6) is -2.29. The molecule has 0 amide bonds. The average molecular weight is 524 g/mol. The van der Waals surface area contributed by atoms with Gasteiger partial charge in [-0.2, -0.15) is 13.7 Å². The summed E-state index contributed by atoms with van der Waals surface area (Å²) in [7, 11) is -4.02. The number of benzene rings is 1. The highest BCUT2D eigenvalue weighted by atomic mass is 32.2. The van der Waals surface area contributed by atoms with Crippen LogP contribution in [0.15, 0.2) is 47.6 Å². The first kappa shape index (κ1) is 26.8. The van der Waals surface area contributed by atoms with Gasteiger partial charge in [-0.05, 0) is 54.5 Å². The molecule has 1 aromatic carbocycles. The number of aromatic nitrogens is 1. The average Bonchev–Trinajstić information content (AvgIpc) is 2.82. The predicted octanol–water partition coefficient (Wildman–Crippen LogP) is 4.96. The fraction of sp³-hybridized carbons (Fsp3) is 0.500. The monoisotopic (exact) mass is 523 g/mol. The van der Waals surface area contributed by atoms with Crippen LogP contribution in [-0.2, 0) is 24.3 Å². The number of carbonyl (C=O) groups excluding carboxylic acids is 2. The van der Waals surface area contributed by atoms with Crippen molar-refractivity contribution in [2.45, 2.75) is 76.3 Å². The lowest BCUT2D eigenvalue weighted by Crippen LogP contribution is -2.50. The molecule has 196 valence electrons. The van der Waals surface area contributed by atoms with Crippen LogP contribution in [0.4, 0.5) is 5.69 Å². The number of carbonyl (C=O) groups is 2. The molecule has 1 saturated carbocycles. The Morgan fingerprint density at radius 1 is 1.08 bits per heavy atom. The van der Waals surface area contributed by atoms with Gasteiger partial charge in [-0.25, -0.2) is 4.98 Å². The van der Waals surface area contributed by atoms with Gasteiger partial charge in [0.1, 0.15) is 18.1 Å². The molecule has 8 nitrogen and oxygen atoms in total. The molecule has 1 aliphatic heterocycles. The molecule has 37 heavy (non-hydrogen) atoms. The van der Waals surface area contributed by atoms with Crippen LogP contribution >= 0.6 is 0 Å². The van der Waals surface area contributed by atoms with E-state index < -0.39 is 33.2 Å². The highest BCUT2D eigenvalue weighted by Crippen LogP contribution is 2.46. The lowest BCUT2D eigenvalue weighted by atomic mass is 9.64. The van der Waals surface area contributed by atoms with Crippen LogP contribution in [0.25, 0.3) is 0 Å². The minimum absolute atomic E-state index is 0.0594. The number of nitrogens with one attached hydrogen (secondary N) is 1. The Kier molecular flexibility index (Phi) is 7.69. The Balaban J connectivity index is 1.65. The Labute approximate surface area is 218 Å². The molecule has 0 bridgehead atoms. The SMILES string of the molecule is CC(C)(C)C(c1cccc(NS(=O)(=O)c2ccc(C#N)cn2)c1)C1C(=O)OC2CCCCCCC2C1=O. The van der Waals surface area contributed by atoms with Gasteiger partial charge in [0.15, 0.2) is 10.8 Å². The Morgan fingerprint density at radius 2 is 1.81 bits per heavy atom. The lowest BCUT2D eigenvalue weighted by Gasteiger charge is -2.42. The van der Waals surface area contributed by atoms with Gasteiger partial charge in [-0.3, -0.25) is 14.3 Å². The van der Waals surface area contributed by atoms with E-state index in [2.05, 4.69) is 9.71 Å². The second kappa shape index (κ2) is 10.6. The number of hydrogen-bond donors (Lipinski definition) is 1. The van der Waals surface area contributed by atoms with Crippen LogP contribution in [0.1, 0.15) is 76.3 Å². The van der Waals surface area contributed by atoms with Crippen LogP contribution < -0.4 is 4.72 Å². The van der Waals surface area contributed by atoms with Crippen LogP contribution in [0.2, 0.25) is 0 Å². The largest absolute Gasteiger partial charge is 0.461 e. The lowest BCUT2D eigenvalue weighted by molar-refractivity contribution is -0.174. The summed E-state index contributed by atoms with van der Waals surface area (Å²) in [5.41, 5.74) is 0.739. The first-order valence-electron chi connectivity index (χ1n) is 12.7. The molecule has 2 fully saturated rings. The Hall–Kier alpha value is -3.25. The molecule has 1 aromatic heterocycles. The molecule has 4 rings (SSSR count). The number of ether oxygens (including phenoxy) is 1. The van der Waals surface area contributed by atoms with Crippen molar-refractivity contribution in [2.24, 2.45) is 17.3 Å². The Morgan fingerprint density at radius 3 is 2.46 bits per heavy atom. The van der Waals surface area contributed by atoms with Crippen molar-refractivity contribution in [3.05, 3.63) is 53.7 Å².